The highest BCUT2D eigenvalue weighted by atomic mass is 19.2. The first kappa shape index (κ1) is 31.1. The number of hydrogen-bond acceptors (Lipinski definition) is 3. The van der Waals surface area contributed by atoms with Gasteiger partial charge in [-0.3, -0.25) is 0 Å². The van der Waals surface area contributed by atoms with Crippen LogP contribution in [0.3, 0.4) is 0 Å². The van der Waals surface area contributed by atoms with Gasteiger partial charge in [0.25, 0.3) is 0 Å². The minimum atomic E-state index is -2.98. The summed E-state index contributed by atoms with van der Waals surface area (Å²) < 4.78 is 233. The minimum Gasteiger partial charge on any atom is -0.444 e. The fourth-order valence-electron chi connectivity index (χ4n) is 3.68. The van der Waals surface area contributed by atoms with Gasteiger partial charge in [0.15, 0.2) is 69.8 Å². The first-order valence-electron chi connectivity index (χ1n) is 10.5. The number of nitrogen functional groups attached to an aromatic ring is 2. The molecular weight excluding hydrogens is 636 g/mol. The molecule has 0 aliphatic carbocycles. The predicted octanol–water partition coefficient (Wildman–Crippen LogP) is 8.20. The third kappa shape index (κ3) is 4.32. The van der Waals surface area contributed by atoms with E-state index in [2.05, 4.69) is 4.74 Å². The second-order valence-corrected chi connectivity index (χ2v) is 8.11. The fourth-order valence-corrected chi connectivity index (χ4v) is 3.68. The molecule has 0 amide bonds. The molecule has 0 aliphatic heterocycles. The van der Waals surface area contributed by atoms with Crippen LogP contribution in [0.5, 0.6) is 11.5 Å². The van der Waals surface area contributed by atoms with Crippen molar-refractivity contribution in [3.8, 4) is 33.8 Å². The van der Waals surface area contributed by atoms with Crippen molar-refractivity contribution >= 4 is 11.4 Å². The number of hydrogen-bond donors (Lipinski definition) is 2. The van der Waals surface area contributed by atoms with E-state index >= 15 is 0 Å². The number of anilines is 2. The van der Waals surface area contributed by atoms with Crippen molar-refractivity contribution < 1.29 is 75.0 Å². The van der Waals surface area contributed by atoms with Gasteiger partial charge in [0, 0.05) is 0 Å². The van der Waals surface area contributed by atoms with Crippen molar-refractivity contribution in [2.75, 3.05) is 11.5 Å². The van der Waals surface area contributed by atoms with Crippen molar-refractivity contribution in [3.05, 3.63) is 93.1 Å². The van der Waals surface area contributed by atoms with Crippen molar-refractivity contribution in [3.63, 3.8) is 0 Å². The molecule has 0 spiro atoms. The molecule has 4 aromatic carbocycles. The van der Waals surface area contributed by atoms with E-state index in [0.29, 0.717) is 0 Å². The van der Waals surface area contributed by atoms with Crippen LogP contribution in [0.15, 0.2) is 0 Å². The minimum absolute atomic E-state index is 1.86. The molecule has 4 N–H and O–H groups in total. The molecule has 4 rings (SSSR count). The lowest BCUT2D eigenvalue weighted by Crippen LogP contribution is -2.12. The zero-order valence-corrected chi connectivity index (χ0v) is 19.6. The maximum atomic E-state index is 14.7. The largest absolute Gasteiger partial charge is 0.444 e. The number of ether oxygens (including phenoxy) is 1. The molecule has 0 aliphatic rings. The lowest BCUT2D eigenvalue weighted by molar-refractivity contribution is 0.325. The molecule has 0 fully saturated rings. The van der Waals surface area contributed by atoms with Gasteiger partial charge in [-0.1, -0.05) is 0 Å². The molecule has 228 valence electrons. The highest BCUT2D eigenvalue weighted by Gasteiger charge is 2.38. The predicted molar refractivity (Wildman–Crippen MR) is 112 cm³/mol. The van der Waals surface area contributed by atoms with Gasteiger partial charge in [-0.05, 0) is 0 Å². The van der Waals surface area contributed by atoms with E-state index in [1.165, 1.54) is 0 Å². The second kappa shape index (κ2) is 10.5. The van der Waals surface area contributed by atoms with Crippen molar-refractivity contribution in [2.24, 2.45) is 0 Å². The van der Waals surface area contributed by atoms with E-state index in [1.54, 1.807) is 0 Å². The molecule has 4 aromatic rings. The van der Waals surface area contributed by atoms with Gasteiger partial charge in [0.05, 0.1) is 22.3 Å². The van der Waals surface area contributed by atoms with Gasteiger partial charge in [0.2, 0.25) is 34.8 Å². The van der Waals surface area contributed by atoms with Crippen LogP contribution in [0, 0.1) is 93.1 Å². The Morgan fingerprint density at radius 1 is 0.256 bits per heavy atom. The number of halogens is 16. The summed E-state index contributed by atoms with van der Waals surface area (Å²) in [4.78, 5) is 0. The molecule has 19 heteroatoms. The first-order chi connectivity index (χ1) is 19.9. The quantitative estimate of drug-likeness (QED) is 0.134. The van der Waals surface area contributed by atoms with Crippen LogP contribution in [-0.2, 0) is 0 Å². The lowest BCUT2D eigenvalue weighted by atomic mass is 10.00. The molecule has 0 saturated carbocycles. The van der Waals surface area contributed by atoms with Gasteiger partial charge in [0.1, 0.15) is 11.4 Å². The molecule has 0 unspecified atom stereocenters. The van der Waals surface area contributed by atoms with Crippen molar-refractivity contribution in [2.45, 2.75) is 0 Å². The molecule has 0 bridgehead atoms. The van der Waals surface area contributed by atoms with Crippen LogP contribution in [0.1, 0.15) is 0 Å². The maximum Gasteiger partial charge on any atom is 0.205 e. The summed E-state index contributed by atoms with van der Waals surface area (Å²) in [6, 6.07) is 0. The topological polar surface area (TPSA) is 61.3 Å². The molecular formula is C24H4F16N2O. The Morgan fingerprint density at radius 3 is 0.605 bits per heavy atom. The SMILES string of the molecule is Nc1c(F)c(F)c(-c2c(F)c(F)c(Oc3c(F)c(F)c(-c4c(F)c(F)c(N)c(F)c4F)c(F)c3F)c(F)c2F)c(F)c1F. The molecule has 0 saturated heterocycles. The Hall–Kier alpha value is -4.84. The van der Waals surface area contributed by atoms with Gasteiger partial charge in [-0.2, -0.15) is 17.6 Å². The van der Waals surface area contributed by atoms with Crippen molar-refractivity contribution in [1.82, 2.24) is 0 Å². The Labute approximate surface area is 225 Å². The molecule has 43 heavy (non-hydrogen) atoms. The van der Waals surface area contributed by atoms with E-state index in [9.17, 15) is 70.2 Å². The summed E-state index contributed by atoms with van der Waals surface area (Å²) in [5.74, 6) is -49.6. The normalized spacial score (nSPS) is 11.4. The molecule has 0 aromatic heterocycles. The third-order valence-corrected chi connectivity index (χ3v) is 5.74. The van der Waals surface area contributed by atoms with E-state index < -0.39 is 138 Å². The summed E-state index contributed by atoms with van der Waals surface area (Å²) in [6.07, 6.45) is 0. The van der Waals surface area contributed by atoms with Crippen LogP contribution in [0.2, 0.25) is 0 Å². The fraction of sp³-hybridized carbons (Fsp3) is 0. The lowest BCUT2D eigenvalue weighted by Gasteiger charge is -2.17. The van der Waals surface area contributed by atoms with Gasteiger partial charge in [-0.15, -0.1) is 0 Å². The van der Waals surface area contributed by atoms with Crippen molar-refractivity contribution in [1.29, 1.82) is 0 Å². The maximum absolute atomic E-state index is 14.7. The Bertz CT molecular complexity index is 1640. The summed E-state index contributed by atoms with van der Waals surface area (Å²) in [5.41, 5.74) is -4.10. The van der Waals surface area contributed by atoms with Crippen LogP contribution >= 0.6 is 0 Å². The standard InChI is InChI=1S/C24H4F16N2O/c25-5-1(6(26)14(34)21(41)13(5)33)3-9(29)17(37)23(18(38)10(3)30)43-24-19(39)11(31)4(12(32)20(24)40)2-7(27)15(35)22(42)16(36)8(2)28/h41-42H2. The number of benzene rings is 4. The van der Waals surface area contributed by atoms with Crippen LogP contribution < -0.4 is 16.2 Å². The van der Waals surface area contributed by atoms with Crippen LogP contribution in [0.4, 0.5) is 81.6 Å². The van der Waals surface area contributed by atoms with E-state index in [1.807, 2.05) is 0 Å². The molecule has 0 radical (unpaired) electrons. The zero-order chi connectivity index (χ0) is 32.6. The highest BCUT2D eigenvalue weighted by molar-refractivity contribution is 5.72. The first-order valence-corrected chi connectivity index (χ1v) is 10.5. The third-order valence-electron chi connectivity index (χ3n) is 5.74. The molecule has 0 heterocycles. The average molecular weight is 640 g/mol. The smallest absolute Gasteiger partial charge is 0.205 e. The van der Waals surface area contributed by atoms with E-state index in [-0.39, 0.29) is 0 Å². The monoisotopic (exact) mass is 640 g/mol. The molecule has 0 atom stereocenters. The zero-order valence-electron chi connectivity index (χ0n) is 19.6. The average Bonchev–Trinajstić information content (AvgIpc) is 2.98. The van der Waals surface area contributed by atoms with Crippen LogP contribution in [0.25, 0.3) is 22.3 Å². The summed E-state index contributed by atoms with van der Waals surface area (Å²) >= 11 is 0. The Morgan fingerprint density at radius 2 is 0.419 bits per heavy atom. The van der Waals surface area contributed by atoms with Gasteiger partial charge >= 0.3 is 0 Å². The van der Waals surface area contributed by atoms with Crippen LogP contribution in [-0.4, -0.2) is 0 Å². The van der Waals surface area contributed by atoms with Gasteiger partial charge < -0.3 is 16.2 Å². The van der Waals surface area contributed by atoms with E-state index in [0.717, 1.165) is 0 Å². The summed E-state index contributed by atoms with van der Waals surface area (Å²) in [5, 5.41) is 0. The second-order valence-electron chi connectivity index (χ2n) is 8.11. The summed E-state index contributed by atoms with van der Waals surface area (Å²) in [6.45, 7) is 0. The van der Waals surface area contributed by atoms with E-state index in [4.69, 9.17) is 11.5 Å². The summed E-state index contributed by atoms with van der Waals surface area (Å²) in [7, 11) is 0. The van der Waals surface area contributed by atoms with Gasteiger partial charge in [-0.25, -0.2) is 52.7 Å². The number of rotatable bonds is 4. The Balaban J connectivity index is 1.97. The number of nitrogens with two attached hydrogens (primary N) is 2. The Kier molecular flexibility index (Phi) is 7.57. The molecule has 3 nitrogen and oxygen atoms in total. The highest BCUT2D eigenvalue weighted by Crippen LogP contribution is 2.45.